The second-order valence-corrected chi connectivity index (χ2v) is 8.54. The van der Waals surface area contributed by atoms with E-state index in [1.165, 1.54) is 10.6 Å². The molecule has 1 fully saturated rings. The van der Waals surface area contributed by atoms with Gasteiger partial charge in [-0.3, -0.25) is 9.78 Å². The van der Waals surface area contributed by atoms with Crippen molar-refractivity contribution in [3.63, 3.8) is 0 Å². The molecule has 9 nitrogen and oxygen atoms in total. The Labute approximate surface area is 198 Å². The van der Waals surface area contributed by atoms with E-state index in [1.54, 1.807) is 20.3 Å². The molecule has 1 amide bonds. The Morgan fingerprint density at radius 2 is 1.88 bits per heavy atom. The standard InChI is InChI=1S/C25H28N8O/c1-31(2)24(34)22-19(4-3-10-27-22)17-33-13-9-18-16-28-25(30-23(18)33)29-20-5-7-21(8-6-20)32-14-11-26-12-15-32/h3-10,13,16,26H,11-12,14-15,17H2,1-2H3,(H,28,29,30). The highest BCUT2D eigenvalue weighted by molar-refractivity contribution is 5.93. The predicted octanol–water partition coefficient (Wildman–Crippen LogP) is 2.73. The predicted molar refractivity (Wildman–Crippen MR) is 134 cm³/mol. The molecule has 4 aromatic rings. The van der Waals surface area contributed by atoms with Crippen molar-refractivity contribution in [1.82, 2.24) is 29.7 Å². The van der Waals surface area contributed by atoms with E-state index in [2.05, 4.69) is 49.8 Å². The smallest absolute Gasteiger partial charge is 0.272 e. The zero-order valence-corrected chi connectivity index (χ0v) is 19.4. The number of benzene rings is 1. The van der Waals surface area contributed by atoms with Crippen LogP contribution in [0, 0.1) is 0 Å². The summed E-state index contributed by atoms with van der Waals surface area (Å²) in [6.45, 7) is 4.54. The molecule has 0 aliphatic carbocycles. The van der Waals surface area contributed by atoms with Crippen LogP contribution in [0.4, 0.5) is 17.3 Å². The van der Waals surface area contributed by atoms with Crippen LogP contribution in [0.15, 0.2) is 61.1 Å². The van der Waals surface area contributed by atoms with Crippen LogP contribution < -0.4 is 15.5 Å². The monoisotopic (exact) mass is 456 g/mol. The number of nitrogens with one attached hydrogen (secondary N) is 2. The van der Waals surface area contributed by atoms with Crippen LogP contribution in [0.25, 0.3) is 11.0 Å². The SMILES string of the molecule is CN(C)C(=O)c1ncccc1Cn1ccc2cnc(Nc3ccc(N4CCNCC4)cc3)nc21. The third kappa shape index (κ3) is 4.55. The Bertz CT molecular complexity index is 1290. The van der Waals surface area contributed by atoms with Gasteiger partial charge in [0, 0.05) is 81.2 Å². The van der Waals surface area contributed by atoms with Crippen LogP contribution in [0.2, 0.25) is 0 Å². The lowest BCUT2D eigenvalue weighted by molar-refractivity contribution is 0.0820. The fourth-order valence-corrected chi connectivity index (χ4v) is 4.12. The number of carbonyl (C=O) groups is 1. The minimum Gasteiger partial charge on any atom is -0.369 e. The molecule has 3 aromatic heterocycles. The molecule has 1 aromatic carbocycles. The summed E-state index contributed by atoms with van der Waals surface area (Å²) in [7, 11) is 3.46. The maximum Gasteiger partial charge on any atom is 0.272 e. The molecule has 1 aliphatic rings. The topological polar surface area (TPSA) is 91.2 Å². The normalized spacial score (nSPS) is 13.8. The maximum absolute atomic E-state index is 12.6. The van der Waals surface area contributed by atoms with Gasteiger partial charge in [0.1, 0.15) is 11.3 Å². The minimum absolute atomic E-state index is 0.117. The van der Waals surface area contributed by atoms with Gasteiger partial charge in [0.2, 0.25) is 5.95 Å². The third-order valence-electron chi connectivity index (χ3n) is 5.95. The first-order valence-electron chi connectivity index (χ1n) is 11.4. The number of hydrogen-bond donors (Lipinski definition) is 2. The van der Waals surface area contributed by atoms with Gasteiger partial charge in [0.15, 0.2) is 0 Å². The van der Waals surface area contributed by atoms with Crippen LogP contribution >= 0.6 is 0 Å². The van der Waals surface area contributed by atoms with Gasteiger partial charge in [-0.25, -0.2) is 4.98 Å². The van der Waals surface area contributed by atoms with Crippen LogP contribution in [0.1, 0.15) is 16.1 Å². The maximum atomic E-state index is 12.6. The van der Waals surface area contributed by atoms with Gasteiger partial charge in [-0.15, -0.1) is 0 Å². The van der Waals surface area contributed by atoms with E-state index >= 15 is 0 Å². The number of rotatable bonds is 6. The Morgan fingerprint density at radius 3 is 2.65 bits per heavy atom. The zero-order chi connectivity index (χ0) is 23.5. The molecule has 34 heavy (non-hydrogen) atoms. The van der Waals surface area contributed by atoms with Crippen molar-refractivity contribution in [2.75, 3.05) is 50.5 Å². The lowest BCUT2D eigenvalue weighted by Crippen LogP contribution is -2.43. The molecule has 0 atom stereocenters. The summed E-state index contributed by atoms with van der Waals surface area (Å²) >= 11 is 0. The van der Waals surface area contributed by atoms with E-state index in [1.807, 2.05) is 35.2 Å². The van der Waals surface area contributed by atoms with E-state index in [4.69, 9.17) is 4.98 Å². The highest BCUT2D eigenvalue weighted by atomic mass is 16.2. The number of fused-ring (bicyclic) bond motifs is 1. The van der Waals surface area contributed by atoms with Gasteiger partial charge in [-0.1, -0.05) is 6.07 Å². The van der Waals surface area contributed by atoms with Crippen molar-refractivity contribution in [2.24, 2.45) is 0 Å². The number of anilines is 3. The van der Waals surface area contributed by atoms with Gasteiger partial charge in [-0.2, -0.15) is 4.98 Å². The van der Waals surface area contributed by atoms with Crippen LogP contribution in [-0.4, -0.2) is 70.6 Å². The molecular formula is C25H28N8O. The van der Waals surface area contributed by atoms with Gasteiger partial charge in [0.05, 0.1) is 6.54 Å². The molecule has 0 spiro atoms. The van der Waals surface area contributed by atoms with E-state index in [0.717, 1.165) is 48.5 Å². The lowest BCUT2D eigenvalue weighted by Gasteiger charge is -2.29. The van der Waals surface area contributed by atoms with Crippen molar-refractivity contribution in [2.45, 2.75) is 6.54 Å². The number of nitrogens with zero attached hydrogens (tertiary/aromatic N) is 6. The summed E-state index contributed by atoms with van der Waals surface area (Å²) < 4.78 is 2.01. The molecule has 0 radical (unpaired) electrons. The number of amides is 1. The molecule has 5 rings (SSSR count). The number of carbonyl (C=O) groups excluding carboxylic acids is 1. The molecule has 1 aliphatic heterocycles. The van der Waals surface area contributed by atoms with Crippen molar-refractivity contribution in [3.05, 3.63) is 72.3 Å². The largest absolute Gasteiger partial charge is 0.369 e. The van der Waals surface area contributed by atoms with Crippen molar-refractivity contribution in [3.8, 4) is 0 Å². The summed E-state index contributed by atoms with van der Waals surface area (Å²) in [5.41, 5.74) is 4.24. The van der Waals surface area contributed by atoms with Gasteiger partial charge in [-0.05, 0) is 36.4 Å². The van der Waals surface area contributed by atoms with Crippen LogP contribution in [0.3, 0.4) is 0 Å². The summed E-state index contributed by atoms with van der Waals surface area (Å²) in [4.78, 5) is 30.0. The molecule has 0 bridgehead atoms. The lowest BCUT2D eigenvalue weighted by atomic mass is 10.1. The average molecular weight is 457 g/mol. The molecule has 2 N–H and O–H groups in total. The molecule has 0 unspecified atom stereocenters. The highest BCUT2D eigenvalue weighted by Crippen LogP contribution is 2.22. The highest BCUT2D eigenvalue weighted by Gasteiger charge is 2.16. The number of hydrogen-bond acceptors (Lipinski definition) is 7. The van der Waals surface area contributed by atoms with Crippen molar-refractivity contribution in [1.29, 1.82) is 0 Å². The first-order valence-corrected chi connectivity index (χ1v) is 11.4. The van der Waals surface area contributed by atoms with Crippen molar-refractivity contribution >= 4 is 34.3 Å². The van der Waals surface area contributed by atoms with Gasteiger partial charge >= 0.3 is 0 Å². The fraction of sp³-hybridized carbons (Fsp3) is 0.280. The minimum atomic E-state index is -0.117. The molecule has 174 valence electrons. The Hall–Kier alpha value is -3.98. The summed E-state index contributed by atoms with van der Waals surface area (Å²) in [5.74, 6) is 0.409. The average Bonchev–Trinajstić information content (AvgIpc) is 3.27. The van der Waals surface area contributed by atoms with E-state index in [0.29, 0.717) is 18.2 Å². The summed E-state index contributed by atoms with van der Waals surface area (Å²) in [6.07, 6.45) is 5.42. The third-order valence-corrected chi connectivity index (χ3v) is 5.95. The van der Waals surface area contributed by atoms with E-state index < -0.39 is 0 Å². The molecular weight excluding hydrogens is 428 g/mol. The Kier molecular flexibility index (Phi) is 6.09. The first-order chi connectivity index (χ1) is 16.6. The number of piperazine rings is 1. The molecule has 1 saturated heterocycles. The Balaban J connectivity index is 1.36. The number of pyridine rings is 1. The van der Waals surface area contributed by atoms with Crippen LogP contribution in [-0.2, 0) is 6.54 Å². The quantitative estimate of drug-likeness (QED) is 0.461. The van der Waals surface area contributed by atoms with Gasteiger partial charge < -0.3 is 25.0 Å². The molecule has 0 saturated carbocycles. The van der Waals surface area contributed by atoms with Crippen molar-refractivity contribution < 1.29 is 4.79 Å². The van der Waals surface area contributed by atoms with E-state index in [-0.39, 0.29) is 5.91 Å². The summed E-state index contributed by atoms with van der Waals surface area (Å²) in [6, 6.07) is 14.1. The van der Waals surface area contributed by atoms with E-state index in [9.17, 15) is 4.79 Å². The number of aromatic nitrogens is 4. The second kappa shape index (κ2) is 9.48. The van der Waals surface area contributed by atoms with Crippen LogP contribution in [0.5, 0.6) is 0 Å². The Morgan fingerprint density at radius 1 is 1.09 bits per heavy atom. The van der Waals surface area contributed by atoms with Gasteiger partial charge in [0.25, 0.3) is 5.91 Å². The first kappa shape index (κ1) is 21.8. The molecule has 4 heterocycles. The second-order valence-electron chi connectivity index (χ2n) is 8.54. The fourth-order valence-electron chi connectivity index (χ4n) is 4.12. The zero-order valence-electron chi connectivity index (χ0n) is 19.4. The molecule has 9 heteroatoms. The summed E-state index contributed by atoms with van der Waals surface area (Å²) in [5, 5.41) is 7.63.